The summed E-state index contributed by atoms with van der Waals surface area (Å²) < 4.78 is 6.17. The molecule has 9 aromatic rings. The van der Waals surface area contributed by atoms with Crippen LogP contribution in [0.15, 0.2) is 150 Å². The summed E-state index contributed by atoms with van der Waals surface area (Å²) in [6.45, 7) is 0. The van der Waals surface area contributed by atoms with E-state index in [0.29, 0.717) is 23.1 Å². The lowest BCUT2D eigenvalue weighted by Gasteiger charge is -2.13. The van der Waals surface area contributed by atoms with Crippen molar-refractivity contribution in [3.63, 3.8) is 0 Å². The van der Waals surface area contributed by atoms with Crippen LogP contribution >= 0.6 is 0 Å². The molecule has 0 fully saturated rings. The second-order valence-corrected chi connectivity index (χ2v) is 11.1. The first-order chi connectivity index (χ1) is 22.3. The number of hydrogen-bond donors (Lipinski definition) is 0. The predicted molar refractivity (Wildman–Crippen MR) is 182 cm³/mol. The molecule has 0 atom stereocenters. The van der Waals surface area contributed by atoms with Crippen molar-refractivity contribution in [2.45, 2.75) is 0 Å². The van der Waals surface area contributed by atoms with E-state index in [1.165, 1.54) is 5.39 Å². The number of rotatable bonds is 4. The molecular formula is C40H24N4O. The molecule has 5 nitrogen and oxygen atoms in total. The quantitative estimate of drug-likeness (QED) is 0.209. The number of nitrogens with zero attached hydrogens (tertiary/aromatic N) is 4. The fraction of sp³-hybridized carbons (Fsp3) is 0. The van der Waals surface area contributed by atoms with Crippen LogP contribution < -0.4 is 0 Å². The van der Waals surface area contributed by atoms with Gasteiger partial charge in [-0.05, 0) is 56.9 Å². The SMILES string of the molecule is c1ccc(-c2cc(-c3nc(-c4ccc5ccccc5c4)nc(-c4cncc5oc6ccccc6c45)n3)cc3ccccc23)cc1. The number of fused-ring (bicyclic) bond motifs is 5. The van der Waals surface area contributed by atoms with E-state index < -0.39 is 0 Å². The minimum absolute atomic E-state index is 0.544. The third kappa shape index (κ3) is 4.33. The standard InChI is InChI=1S/C40H24N4O/c1-2-11-26(12-3-1)33-22-30(21-28-14-6-7-15-31(28)33)39-42-38(29-19-18-25-10-4-5-13-27(25)20-29)43-40(44-39)34-23-41-24-36-37(34)32-16-8-9-17-35(32)45-36/h1-24H. The van der Waals surface area contributed by atoms with E-state index in [-0.39, 0.29) is 0 Å². The lowest BCUT2D eigenvalue weighted by atomic mass is 9.95. The normalized spacial score (nSPS) is 11.6. The number of pyridine rings is 1. The van der Waals surface area contributed by atoms with Gasteiger partial charge in [-0.25, -0.2) is 15.0 Å². The zero-order valence-corrected chi connectivity index (χ0v) is 24.1. The number of aromatic nitrogens is 4. The zero-order valence-electron chi connectivity index (χ0n) is 24.1. The summed E-state index contributed by atoms with van der Waals surface area (Å²) in [7, 11) is 0. The monoisotopic (exact) mass is 576 g/mol. The molecular weight excluding hydrogens is 552 g/mol. The molecule has 9 rings (SSSR count). The second-order valence-electron chi connectivity index (χ2n) is 11.1. The van der Waals surface area contributed by atoms with Crippen LogP contribution in [0.4, 0.5) is 0 Å². The molecule has 0 radical (unpaired) electrons. The van der Waals surface area contributed by atoms with Crippen molar-refractivity contribution in [1.82, 2.24) is 19.9 Å². The van der Waals surface area contributed by atoms with Gasteiger partial charge in [-0.15, -0.1) is 0 Å². The molecule has 0 unspecified atom stereocenters. The number of benzene rings is 6. The molecule has 0 bridgehead atoms. The van der Waals surface area contributed by atoms with E-state index in [1.807, 2.05) is 42.6 Å². The predicted octanol–water partition coefficient (Wildman–Crippen LogP) is 10.1. The topological polar surface area (TPSA) is 64.7 Å². The molecule has 45 heavy (non-hydrogen) atoms. The summed E-state index contributed by atoms with van der Waals surface area (Å²) in [6.07, 6.45) is 3.57. The maximum atomic E-state index is 6.17. The highest BCUT2D eigenvalue weighted by atomic mass is 16.3. The Morgan fingerprint density at radius 1 is 0.400 bits per heavy atom. The maximum Gasteiger partial charge on any atom is 0.166 e. The van der Waals surface area contributed by atoms with Gasteiger partial charge in [0.1, 0.15) is 5.58 Å². The Hall–Kier alpha value is -6.20. The van der Waals surface area contributed by atoms with E-state index >= 15 is 0 Å². The van der Waals surface area contributed by atoms with E-state index in [1.54, 1.807) is 6.20 Å². The van der Waals surface area contributed by atoms with Crippen LogP contribution in [0.2, 0.25) is 0 Å². The summed E-state index contributed by atoms with van der Waals surface area (Å²) in [5.74, 6) is 1.73. The molecule has 0 amide bonds. The highest BCUT2D eigenvalue weighted by Gasteiger charge is 2.19. The Balaban J connectivity index is 1.33. The summed E-state index contributed by atoms with van der Waals surface area (Å²) in [5.41, 5.74) is 6.39. The van der Waals surface area contributed by atoms with Gasteiger partial charge in [-0.2, -0.15) is 0 Å². The summed E-state index contributed by atoms with van der Waals surface area (Å²) in [5, 5.41) is 6.52. The highest BCUT2D eigenvalue weighted by molar-refractivity contribution is 6.11. The average molecular weight is 577 g/mol. The van der Waals surface area contributed by atoms with Gasteiger partial charge in [0.25, 0.3) is 0 Å². The van der Waals surface area contributed by atoms with Crippen molar-refractivity contribution < 1.29 is 4.42 Å². The first kappa shape index (κ1) is 25.3. The van der Waals surface area contributed by atoms with Crippen LogP contribution in [0.1, 0.15) is 0 Å². The number of hydrogen-bond acceptors (Lipinski definition) is 5. The first-order valence-corrected chi connectivity index (χ1v) is 14.9. The lowest BCUT2D eigenvalue weighted by molar-refractivity contribution is 0.667. The zero-order chi connectivity index (χ0) is 29.7. The van der Waals surface area contributed by atoms with E-state index in [0.717, 1.165) is 60.3 Å². The molecule has 0 N–H and O–H groups in total. The molecule has 0 spiro atoms. The van der Waals surface area contributed by atoms with Gasteiger partial charge in [-0.3, -0.25) is 4.98 Å². The first-order valence-electron chi connectivity index (χ1n) is 14.9. The third-order valence-corrected chi connectivity index (χ3v) is 8.38. The summed E-state index contributed by atoms with van der Waals surface area (Å²) >= 11 is 0. The molecule has 5 heteroatoms. The van der Waals surface area contributed by atoms with Gasteiger partial charge in [0.15, 0.2) is 23.1 Å². The molecule has 210 valence electrons. The number of para-hydroxylation sites is 1. The van der Waals surface area contributed by atoms with Crippen molar-refractivity contribution in [3.05, 3.63) is 146 Å². The van der Waals surface area contributed by atoms with Crippen LogP contribution in [0, 0.1) is 0 Å². The summed E-state index contributed by atoms with van der Waals surface area (Å²) in [6, 6.07) is 45.9. The molecule has 0 saturated heterocycles. The fourth-order valence-corrected chi connectivity index (χ4v) is 6.23. The molecule has 6 aromatic carbocycles. The molecule has 0 aliphatic carbocycles. The highest BCUT2D eigenvalue weighted by Crippen LogP contribution is 2.37. The Bertz CT molecular complexity index is 2550. The fourth-order valence-electron chi connectivity index (χ4n) is 6.23. The van der Waals surface area contributed by atoms with Crippen LogP contribution in [-0.2, 0) is 0 Å². The van der Waals surface area contributed by atoms with Gasteiger partial charge in [0.05, 0.1) is 6.20 Å². The Labute approximate surface area is 258 Å². The minimum atomic E-state index is 0.544. The largest absolute Gasteiger partial charge is 0.454 e. The van der Waals surface area contributed by atoms with Crippen LogP contribution in [0.3, 0.4) is 0 Å². The van der Waals surface area contributed by atoms with E-state index in [4.69, 9.17) is 19.4 Å². The molecule has 0 aliphatic rings. The third-order valence-electron chi connectivity index (χ3n) is 8.38. The maximum absolute atomic E-state index is 6.17. The minimum Gasteiger partial charge on any atom is -0.454 e. The van der Waals surface area contributed by atoms with Crippen molar-refractivity contribution in [2.24, 2.45) is 0 Å². The number of furan rings is 1. The van der Waals surface area contributed by atoms with Crippen LogP contribution in [-0.4, -0.2) is 19.9 Å². The Morgan fingerprint density at radius 3 is 1.93 bits per heavy atom. The average Bonchev–Trinajstić information content (AvgIpc) is 3.50. The van der Waals surface area contributed by atoms with Gasteiger partial charge < -0.3 is 4.42 Å². The van der Waals surface area contributed by atoms with Crippen LogP contribution in [0.5, 0.6) is 0 Å². The molecule has 3 heterocycles. The van der Waals surface area contributed by atoms with E-state index in [9.17, 15) is 0 Å². The lowest BCUT2D eigenvalue weighted by Crippen LogP contribution is -2.01. The summed E-state index contributed by atoms with van der Waals surface area (Å²) in [4.78, 5) is 19.9. The van der Waals surface area contributed by atoms with Crippen LogP contribution in [0.25, 0.3) is 88.8 Å². The molecule has 0 aliphatic heterocycles. The van der Waals surface area contributed by atoms with Gasteiger partial charge in [-0.1, -0.05) is 109 Å². The Kier molecular flexibility index (Phi) is 5.74. The second kappa shape index (κ2) is 10.2. The Morgan fingerprint density at radius 2 is 1.07 bits per heavy atom. The van der Waals surface area contributed by atoms with Crippen molar-refractivity contribution in [1.29, 1.82) is 0 Å². The van der Waals surface area contributed by atoms with Crippen molar-refractivity contribution >= 4 is 43.5 Å². The van der Waals surface area contributed by atoms with Crippen molar-refractivity contribution in [3.8, 4) is 45.3 Å². The van der Waals surface area contributed by atoms with E-state index in [2.05, 4.69) is 102 Å². The molecule has 0 saturated carbocycles. The van der Waals surface area contributed by atoms with Crippen molar-refractivity contribution in [2.75, 3.05) is 0 Å². The van der Waals surface area contributed by atoms with Gasteiger partial charge >= 0.3 is 0 Å². The molecule has 3 aromatic heterocycles. The van der Waals surface area contributed by atoms with Gasteiger partial charge in [0, 0.05) is 33.7 Å². The van der Waals surface area contributed by atoms with Gasteiger partial charge in [0.2, 0.25) is 0 Å². The smallest absolute Gasteiger partial charge is 0.166 e.